The Balaban J connectivity index is 2.44. The Morgan fingerprint density at radius 2 is 2.11 bits per heavy atom. The number of unbranched alkanes of at least 4 members (excludes halogenated alkanes) is 2. The van der Waals surface area contributed by atoms with Crippen LogP contribution in [0.25, 0.3) is 0 Å². The number of methoxy groups -OCH3 is 1. The van der Waals surface area contributed by atoms with Crippen LogP contribution in [-0.2, 0) is 14.8 Å². The second-order valence-corrected chi connectivity index (χ2v) is 6.95. The maximum atomic E-state index is 11.8. The van der Waals surface area contributed by atoms with Crippen molar-refractivity contribution in [2.75, 3.05) is 20.3 Å². The first-order valence-corrected chi connectivity index (χ1v) is 8.09. The van der Waals surface area contributed by atoms with Crippen LogP contribution in [0.15, 0.2) is 16.3 Å². The molecule has 0 radical (unpaired) electrons. The zero-order chi connectivity index (χ0) is 14.3. The van der Waals surface area contributed by atoms with Gasteiger partial charge in [-0.1, -0.05) is 0 Å². The molecule has 1 rings (SSSR count). The number of rotatable bonds is 9. The number of sulfonamides is 1. The summed E-state index contributed by atoms with van der Waals surface area (Å²) in [4.78, 5) is 10.7. The third-order valence-electron chi connectivity index (χ3n) is 2.37. The first-order valence-electron chi connectivity index (χ1n) is 5.79. The SMILES string of the molecule is COCCCCCNS(=O)(=O)c1ccc(C(=O)O)s1. The average Bonchev–Trinajstić information content (AvgIpc) is 2.84. The molecule has 0 fully saturated rings. The summed E-state index contributed by atoms with van der Waals surface area (Å²) in [5, 5.41) is 8.74. The number of ether oxygens (including phenoxy) is 1. The summed E-state index contributed by atoms with van der Waals surface area (Å²) in [6, 6.07) is 2.60. The average molecular weight is 307 g/mol. The molecule has 0 saturated carbocycles. The van der Waals surface area contributed by atoms with E-state index in [0.717, 1.165) is 30.6 Å². The van der Waals surface area contributed by atoms with E-state index in [-0.39, 0.29) is 9.09 Å². The van der Waals surface area contributed by atoms with Gasteiger partial charge in [0.2, 0.25) is 10.0 Å². The molecule has 0 aliphatic rings. The highest BCUT2D eigenvalue weighted by Gasteiger charge is 2.18. The van der Waals surface area contributed by atoms with E-state index in [9.17, 15) is 13.2 Å². The minimum atomic E-state index is -3.59. The van der Waals surface area contributed by atoms with E-state index in [1.165, 1.54) is 12.1 Å². The molecule has 0 amide bonds. The lowest BCUT2D eigenvalue weighted by atomic mass is 10.2. The van der Waals surface area contributed by atoms with Gasteiger partial charge in [-0.2, -0.15) is 0 Å². The monoisotopic (exact) mass is 307 g/mol. The van der Waals surface area contributed by atoms with Crippen LogP contribution in [0.1, 0.15) is 28.9 Å². The fourth-order valence-corrected chi connectivity index (χ4v) is 3.67. The fourth-order valence-electron chi connectivity index (χ4n) is 1.41. The molecule has 6 nitrogen and oxygen atoms in total. The standard InChI is InChI=1S/C11H17NO5S2/c1-17-8-4-2-3-7-12-19(15,16)10-6-5-9(18-10)11(13)14/h5-6,12H,2-4,7-8H2,1H3,(H,13,14). The van der Waals surface area contributed by atoms with Gasteiger partial charge in [-0.05, 0) is 31.4 Å². The van der Waals surface area contributed by atoms with Crippen molar-refractivity contribution in [2.45, 2.75) is 23.5 Å². The summed E-state index contributed by atoms with van der Waals surface area (Å²) in [6.45, 7) is 1.01. The van der Waals surface area contributed by atoms with Gasteiger partial charge in [-0.25, -0.2) is 17.9 Å². The van der Waals surface area contributed by atoms with E-state index in [0.29, 0.717) is 13.2 Å². The van der Waals surface area contributed by atoms with Crippen molar-refractivity contribution in [3.8, 4) is 0 Å². The summed E-state index contributed by atoms with van der Waals surface area (Å²) in [7, 11) is -1.97. The van der Waals surface area contributed by atoms with Crippen molar-refractivity contribution < 1.29 is 23.1 Å². The maximum absolute atomic E-state index is 11.8. The molecule has 0 atom stereocenters. The van der Waals surface area contributed by atoms with Crippen molar-refractivity contribution in [1.29, 1.82) is 0 Å². The number of hydrogen-bond acceptors (Lipinski definition) is 5. The summed E-state index contributed by atoms with van der Waals surface area (Å²) >= 11 is 0.750. The van der Waals surface area contributed by atoms with Gasteiger partial charge in [-0.3, -0.25) is 0 Å². The van der Waals surface area contributed by atoms with E-state index in [1.54, 1.807) is 7.11 Å². The molecule has 1 aromatic rings. The number of hydrogen-bond donors (Lipinski definition) is 2. The van der Waals surface area contributed by atoms with E-state index >= 15 is 0 Å². The third kappa shape index (κ3) is 5.27. The smallest absolute Gasteiger partial charge is 0.345 e. The quantitative estimate of drug-likeness (QED) is 0.675. The lowest BCUT2D eigenvalue weighted by Gasteiger charge is -2.04. The highest BCUT2D eigenvalue weighted by molar-refractivity contribution is 7.91. The van der Waals surface area contributed by atoms with Crippen LogP contribution >= 0.6 is 11.3 Å². The molecule has 0 aliphatic heterocycles. The Morgan fingerprint density at radius 3 is 2.68 bits per heavy atom. The molecule has 2 N–H and O–H groups in total. The Labute approximate surface area is 116 Å². The number of carboxylic acid groups (broad SMARTS) is 1. The Hall–Kier alpha value is -0.960. The molecule has 0 spiro atoms. The van der Waals surface area contributed by atoms with Crippen LogP contribution in [0.3, 0.4) is 0 Å². The molecule has 108 valence electrons. The zero-order valence-electron chi connectivity index (χ0n) is 10.6. The van der Waals surface area contributed by atoms with Gasteiger partial charge in [0.25, 0.3) is 0 Å². The van der Waals surface area contributed by atoms with Gasteiger partial charge in [-0.15, -0.1) is 11.3 Å². The van der Waals surface area contributed by atoms with Crippen LogP contribution in [0.5, 0.6) is 0 Å². The van der Waals surface area contributed by atoms with Gasteiger partial charge in [0, 0.05) is 20.3 Å². The topological polar surface area (TPSA) is 92.7 Å². The largest absolute Gasteiger partial charge is 0.477 e. The lowest BCUT2D eigenvalue weighted by Crippen LogP contribution is -2.24. The predicted octanol–water partition coefficient (Wildman–Crippen LogP) is 1.54. The summed E-state index contributed by atoms with van der Waals surface area (Å²) in [5.41, 5.74) is 0. The van der Waals surface area contributed by atoms with Gasteiger partial charge in [0.1, 0.15) is 9.09 Å². The van der Waals surface area contributed by atoms with Crippen LogP contribution in [0.2, 0.25) is 0 Å². The molecule has 1 heterocycles. The predicted molar refractivity (Wildman–Crippen MR) is 72.2 cm³/mol. The third-order valence-corrected chi connectivity index (χ3v) is 5.40. The highest BCUT2D eigenvalue weighted by Crippen LogP contribution is 2.21. The Bertz CT molecular complexity index is 509. The molecule has 0 aromatic carbocycles. The Kier molecular flexibility index (Phi) is 6.43. The molecule has 1 aromatic heterocycles. The van der Waals surface area contributed by atoms with Crippen molar-refractivity contribution in [1.82, 2.24) is 4.72 Å². The van der Waals surface area contributed by atoms with Gasteiger partial charge in [0.15, 0.2) is 0 Å². The van der Waals surface area contributed by atoms with E-state index in [1.807, 2.05) is 0 Å². The van der Waals surface area contributed by atoms with E-state index in [4.69, 9.17) is 9.84 Å². The molecular formula is C11H17NO5S2. The van der Waals surface area contributed by atoms with Crippen LogP contribution in [0, 0.1) is 0 Å². The summed E-state index contributed by atoms with van der Waals surface area (Å²) in [6.07, 6.45) is 2.49. The van der Waals surface area contributed by atoms with Gasteiger partial charge >= 0.3 is 5.97 Å². The second kappa shape index (κ2) is 7.59. The first kappa shape index (κ1) is 16.1. The lowest BCUT2D eigenvalue weighted by molar-refractivity contribution is 0.0702. The maximum Gasteiger partial charge on any atom is 0.345 e. The Morgan fingerprint density at radius 1 is 1.37 bits per heavy atom. The number of nitrogens with one attached hydrogen (secondary N) is 1. The van der Waals surface area contributed by atoms with E-state index < -0.39 is 16.0 Å². The molecule has 0 bridgehead atoms. The zero-order valence-corrected chi connectivity index (χ0v) is 12.2. The number of aromatic carboxylic acids is 1. The normalized spacial score (nSPS) is 11.6. The molecule has 0 saturated heterocycles. The molecule has 0 aliphatic carbocycles. The summed E-state index contributed by atoms with van der Waals surface area (Å²) in [5.74, 6) is -1.12. The van der Waals surface area contributed by atoms with Crippen LogP contribution in [-0.4, -0.2) is 39.8 Å². The fraction of sp³-hybridized carbons (Fsp3) is 0.545. The number of thiophene rings is 1. The van der Waals surface area contributed by atoms with Gasteiger partial charge in [0.05, 0.1) is 0 Å². The molecule has 0 unspecified atom stereocenters. The van der Waals surface area contributed by atoms with Crippen molar-refractivity contribution in [3.63, 3.8) is 0 Å². The van der Waals surface area contributed by atoms with Crippen LogP contribution < -0.4 is 4.72 Å². The van der Waals surface area contributed by atoms with Crippen LogP contribution in [0.4, 0.5) is 0 Å². The second-order valence-electron chi connectivity index (χ2n) is 3.88. The number of carboxylic acids is 1. The molecule has 8 heteroatoms. The van der Waals surface area contributed by atoms with Crippen molar-refractivity contribution in [3.05, 3.63) is 17.0 Å². The minimum Gasteiger partial charge on any atom is -0.477 e. The first-order chi connectivity index (χ1) is 8.97. The van der Waals surface area contributed by atoms with Crippen molar-refractivity contribution >= 4 is 27.3 Å². The number of carbonyl (C=O) groups is 1. The molecular weight excluding hydrogens is 290 g/mol. The minimum absolute atomic E-state index is 0.0143. The molecule has 19 heavy (non-hydrogen) atoms. The van der Waals surface area contributed by atoms with Crippen molar-refractivity contribution in [2.24, 2.45) is 0 Å². The summed E-state index contributed by atoms with van der Waals surface area (Å²) < 4.78 is 31.1. The highest BCUT2D eigenvalue weighted by atomic mass is 32.2. The van der Waals surface area contributed by atoms with Gasteiger partial charge < -0.3 is 9.84 Å². The van der Waals surface area contributed by atoms with E-state index in [2.05, 4.69) is 4.72 Å².